The molecular formula is C16H14O2. The zero-order chi connectivity index (χ0) is 12.8. The van der Waals surface area contributed by atoms with E-state index in [4.69, 9.17) is 4.42 Å². The molecule has 3 rings (SSSR count). The van der Waals surface area contributed by atoms with Gasteiger partial charge >= 0.3 is 0 Å². The van der Waals surface area contributed by atoms with E-state index in [1.165, 1.54) is 12.3 Å². The monoisotopic (exact) mass is 238 g/mol. The summed E-state index contributed by atoms with van der Waals surface area (Å²) in [5.41, 5.74) is 2.74. The molecule has 1 aliphatic carbocycles. The SMILES string of the molecule is CC1(C)C=Cc2ccc3c(=O)ccoc3c2C=C1. The van der Waals surface area contributed by atoms with Crippen molar-refractivity contribution in [2.24, 2.45) is 5.41 Å². The summed E-state index contributed by atoms with van der Waals surface area (Å²) in [6.45, 7) is 4.29. The molecule has 1 aromatic carbocycles. The molecule has 0 bridgehead atoms. The molecule has 0 saturated heterocycles. The Morgan fingerprint density at radius 2 is 1.83 bits per heavy atom. The fourth-order valence-corrected chi connectivity index (χ4v) is 2.16. The molecule has 90 valence electrons. The van der Waals surface area contributed by atoms with Crippen LogP contribution in [0.4, 0.5) is 0 Å². The molecule has 0 N–H and O–H groups in total. The molecule has 2 nitrogen and oxygen atoms in total. The second-order valence-corrected chi connectivity index (χ2v) is 5.22. The lowest BCUT2D eigenvalue weighted by atomic mass is 9.93. The molecule has 18 heavy (non-hydrogen) atoms. The van der Waals surface area contributed by atoms with Crippen molar-refractivity contribution in [1.82, 2.24) is 0 Å². The van der Waals surface area contributed by atoms with E-state index in [9.17, 15) is 4.79 Å². The Balaban J connectivity index is 2.39. The zero-order valence-corrected chi connectivity index (χ0v) is 10.4. The van der Waals surface area contributed by atoms with E-state index in [-0.39, 0.29) is 10.8 Å². The van der Waals surface area contributed by atoms with Crippen LogP contribution in [0.15, 0.2) is 45.8 Å². The van der Waals surface area contributed by atoms with Gasteiger partial charge in [0.05, 0.1) is 11.6 Å². The highest BCUT2D eigenvalue weighted by Gasteiger charge is 2.15. The van der Waals surface area contributed by atoms with E-state index in [0.717, 1.165) is 11.1 Å². The van der Waals surface area contributed by atoms with Gasteiger partial charge in [0, 0.05) is 17.0 Å². The molecule has 0 radical (unpaired) electrons. The van der Waals surface area contributed by atoms with Gasteiger partial charge in [-0.25, -0.2) is 0 Å². The average molecular weight is 238 g/mol. The molecule has 0 amide bonds. The van der Waals surface area contributed by atoms with Crippen LogP contribution in [0.1, 0.15) is 25.0 Å². The average Bonchev–Trinajstić information content (AvgIpc) is 2.49. The summed E-state index contributed by atoms with van der Waals surface area (Å²) in [5, 5.41) is 0.633. The fraction of sp³-hybridized carbons (Fsp3) is 0.188. The van der Waals surface area contributed by atoms with Crippen molar-refractivity contribution in [2.75, 3.05) is 0 Å². The molecule has 0 atom stereocenters. The van der Waals surface area contributed by atoms with Crippen molar-refractivity contribution in [3.8, 4) is 0 Å². The van der Waals surface area contributed by atoms with Crippen molar-refractivity contribution in [2.45, 2.75) is 13.8 Å². The van der Waals surface area contributed by atoms with Crippen LogP contribution in [0.2, 0.25) is 0 Å². The van der Waals surface area contributed by atoms with Crippen LogP contribution >= 0.6 is 0 Å². The van der Waals surface area contributed by atoms with Crippen molar-refractivity contribution in [1.29, 1.82) is 0 Å². The van der Waals surface area contributed by atoms with Gasteiger partial charge in [-0.2, -0.15) is 0 Å². The molecular weight excluding hydrogens is 224 g/mol. The topological polar surface area (TPSA) is 30.2 Å². The summed E-state index contributed by atoms with van der Waals surface area (Å²) in [7, 11) is 0. The lowest BCUT2D eigenvalue weighted by Gasteiger charge is -2.12. The van der Waals surface area contributed by atoms with Crippen molar-refractivity contribution in [3.05, 3.63) is 58.0 Å². The Bertz CT molecular complexity index is 730. The smallest absolute Gasteiger partial charge is 0.192 e. The molecule has 0 saturated carbocycles. The highest BCUT2D eigenvalue weighted by molar-refractivity contribution is 5.90. The third-order valence-corrected chi connectivity index (χ3v) is 3.27. The molecule has 1 heterocycles. The summed E-state index contributed by atoms with van der Waals surface area (Å²) >= 11 is 0. The predicted molar refractivity (Wildman–Crippen MR) is 74.3 cm³/mol. The number of hydrogen-bond donors (Lipinski definition) is 0. The molecule has 2 heteroatoms. The third kappa shape index (κ3) is 1.70. The Morgan fingerprint density at radius 1 is 1.06 bits per heavy atom. The van der Waals surface area contributed by atoms with Crippen molar-refractivity contribution < 1.29 is 4.42 Å². The molecule has 1 aliphatic rings. The standard InChI is InChI=1S/C16H14O2/c1-16(2)8-5-11-3-4-13-14(17)7-10-18-15(13)12(11)6-9-16/h3-10H,1-2H3. The van der Waals surface area contributed by atoms with Gasteiger partial charge in [0.15, 0.2) is 5.43 Å². The minimum atomic E-state index is -0.0000586. The number of hydrogen-bond acceptors (Lipinski definition) is 2. The van der Waals surface area contributed by atoms with Gasteiger partial charge in [-0.3, -0.25) is 4.79 Å². The quantitative estimate of drug-likeness (QED) is 0.697. The second kappa shape index (κ2) is 3.70. The molecule has 1 aromatic heterocycles. The van der Waals surface area contributed by atoms with Gasteiger partial charge < -0.3 is 4.42 Å². The van der Waals surface area contributed by atoms with Gasteiger partial charge in [0.25, 0.3) is 0 Å². The van der Waals surface area contributed by atoms with Crippen LogP contribution in [-0.4, -0.2) is 0 Å². The van der Waals surface area contributed by atoms with E-state index in [2.05, 4.69) is 32.1 Å². The fourth-order valence-electron chi connectivity index (χ4n) is 2.16. The largest absolute Gasteiger partial charge is 0.463 e. The van der Waals surface area contributed by atoms with E-state index in [0.29, 0.717) is 11.0 Å². The maximum absolute atomic E-state index is 11.8. The number of benzene rings is 1. The zero-order valence-electron chi connectivity index (χ0n) is 10.4. The lowest BCUT2D eigenvalue weighted by molar-refractivity contribution is 0.601. The highest BCUT2D eigenvalue weighted by atomic mass is 16.3. The summed E-state index contributed by atoms with van der Waals surface area (Å²) in [6, 6.07) is 5.25. The first kappa shape index (κ1) is 11.0. The summed E-state index contributed by atoms with van der Waals surface area (Å²) in [6.07, 6.45) is 9.87. The van der Waals surface area contributed by atoms with Gasteiger partial charge in [0.1, 0.15) is 5.58 Å². The third-order valence-electron chi connectivity index (χ3n) is 3.27. The normalized spacial score (nSPS) is 16.6. The number of allylic oxidation sites excluding steroid dienone is 2. The van der Waals surface area contributed by atoms with E-state index in [1.807, 2.05) is 18.2 Å². The first-order valence-corrected chi connectivity index (χ1v) is 6.00. The number of fused-ring (bicyclic) bond motifs is 3. The molecule has 0 fully saturated rings. The predicted octanol–water partition coefficient (Wildman–Crippen LogP) is 3.86. The summed E-state index contributed by atoms with van der Waals surface area (Å²) in [5.74, 6) is 0. The maximum Gasteiger partial charge on any atom is 0.192 e. The Hall–Kier alpha value is -2.09. The van der Waals surface area contributed by atoms with Crippen LogP contribution in [0.3, 0.4) is 0 Å². The highest BCUT2D eigenvalue weighted by Crippen LogP contribution is 2.30. The Morgan fingerprint density at radius 3 is 2.67 bits per heavy atom. The summed E-state index contributed by atoms with van der Waals surface area (Å²) < 4.78 is 5.53. The van der Waals surface area contributed by atoms with Crippen LogP contribution in [0.25, 0.3) is 23.1 Å². The minimum absolute atomic E-state index is 0.0000586. The number of rotatable bonds is 0. The van der Waals surface area contributed by atoms with Crippen LogP contribution in [0.5, 0.6) is 0 Å². The van der Waals surface area contributed by atoms with Gasteiger partial charge in [-0.15, -0.1) is 0 Å². The van der Waals surface area contributed by atoms with Gasteiger partial charge in [0.2, 0.25) is 0 Å². The van der Waals surface area contributed by atoms with Gasteiger partial charge in [-0.05, 0) is 11.6 Å². The molecule has 0 spiro atoms. The Labute approximate surface area is 105 Å². The maximum atomic E-state index is 11.8. The Kier molecular flexibility index (Phi) is 2.27. The summed E-state index contributed by atoms with van der Waals surface area (Å²) in [4.78, 5) is 11.8. The van der Waals surface area contributed by atoms with Crippen LogP contribution in [0, 0.1) is 5.41 Å². The van der Waals surface area contributed by atoms with E-state index >= 15 is 0 Å². The lowest BCUT2D eigenvalue weighted by Crippen LogP contribution is -2.00. The molecule has 0 unspecified atom stereocenters. The van der Waals surface area contributed by atoms with Gasteiger partial charge in [-0.1, -0.05) is 44.2 Å². The first-order chi connectivity index (χ1) is 8.57. The van der Waals surface area contributed by atoms with Crippen molar-refractivity contribution >= 4 is 23.1 Å². The van der Waals surface area contributed by atoms with E-state index < -0.39 is 0 Å². The molecule has 2 aromatic rings. The van der Waals surface area contributed by atoms with Crippen LogP contribution in [-0.2, 0) is 0 Å². The first-order valence-electron chi connectivity index (χ1n) is 6.00. The molecule has 0 aliphatic heterocycles. The second-order valence-electron chi connectivity index (χ2n) is 5.22. The van der Waals surface area contributed by atoms with Crippen molar-refractivity contribution in [3.63, 3.8) is 0 Å². The van der Waals surface area contributed by atoms with Crippen LogP contribution < -0.4 is 5.43 Å². The minimum Gasteiger partial charge on any atom is -0.463 e. The van der Waals surface area contributed by atoms with E-state index in [1.54, 1.807) is 0 Å².